The molecular formula is C31H35F3N6O2. The summed E-state index contributed by atoms with van der Waals surface area (Å²) in [5.41, 5.74) is 8.77. The number of oxazole rings is 1. The maximum atomic E-state index is 13.5. The summed E-state index contributed by atoms with van der Waals surface area (Å²) in [5.74, 6) is 0.869. The quantitative estimate of drug-likeness (QED) is 0.219. The lowest BCUT2D eigenvalue weighted by molar-refractivity contribution is -0.140. The van der Waals surface area contributed by atoms with Gasteiger partial charge in [-0.15, -0.1) is 0 Å². The van der Waals surface area contributed by atoms with Crippen LogP contribution in [0.4, 0.5) is 18.9 Å². The highest BCUT2D eigenvalue weighted by molar-refractivity contribution is 5.96. The maximum absolute atomic E-state index is 13.5. The molecule has 42 heavy (non-hydrogen) atoms. The van der Waals surface area contributed by atoms with E-state index in [0.29, 0.717) is 41.1 Å². The number of halogens is 3. The van der Waals surface area contributed by atoms with E-state index in [9.17, 15) is 13.2 Å². The van der Waals surface area contributed by atoms with Gasteiger partial charge in [0.1, 0.15) is 28.4 Å². The molecule has 0 amide bonds. The summed E-state index contributed by atoms with van der Waals surface area (Å²) in [4.78, 5) is 10.9. The SMILES string of the molecule is C=C(NCc1ccc(N2CCNCC2)cc1)c1nc(-c2ccc(OC(C)CC)c3nc(C(F)(F)F)ccc23)oc1CN. The van der Waals surface area contributed by atoms with Gasteiger partial charge >= 0.3 is 6.18 Å². The number of nitrogens with one attached hydrogen (secondary N) is 2. The molecule has 0 saturated carbocycles. The largest absolute Gasteiger partial charge is 0.488 e. The van der Waals surface area contributed by atoms with Crippen LogP contribution in [0.5, 0.6) is 5.75 Å². The molecule has 4 N–H and O–H groups in total. The lowest BCUT2D eigenvalue weighted by Gasteiger charge is -2.29. The molecule has 4 aromatic rings. The Kier molecular flexibility index (Phi) is 8.69. The van der Waals surface area contributed by atoms with Crippen LogP contribution in [-0.2, 0) is 19.3 Å². The van der Waals surface area contributed by atoms with Gasteiger partial charge in [-0.1, -0.05) is 25.6 Å². The Bertz CT molecular complexity index is 1550. The lowest BCUT2D eigenvalue weighted by Crippen LogP contribution is -2.43. The molecule has 222 valence electrons. The molecule has 0 aliphatic carbocycles. The van der Waals surface area contributed by atoms with Crippen LogP contribution in [-0.4, -0.2) is 42.3 Å². The van der Waals surface area contributed by atoms with Crippen molar-refractivity contribution in [1.29, 1.82) is 0 Å². The van der Waals surface area contributed by atoms with Gasteiger partial charge in [0.05, 0.1) is 18.3 Å². The number of anilines is 1. The maximum Gasteiger partial charge on any atom is 0.433 e. The van der Waals surface area contributed by atoms with Gasteiger partial charge in [-0.2, -0.15) is 13.2 Å². The van der Waals surface area contributed by atoms with Crippen molar-refractivity contribution in [2.75, 3.05) is 31.1 Å². The van der Waals surface area contributed by atoms with Gasteiger partial charge in [-0.05, 0) is 55.3 Å². The van der Waals surface area contributed by atoms with Gasteiger partial charge < -0.3 is 30.4 Å². The minimum atomic E-state index is -4.60. The molecule has 3 heterocycles. The topological polar surface area (TPSA) is 101 Å². The Labute approximate surface area is 242 Å². The van der Waals surface area contributed by atoms with E-state index in [2.05, 4.69) is 56.3 Å². The number of fused-ring (bicyclic) bond motifs is 1. The van der Waals surface area contributed by atoms with Crippen LogP contribution in [0.3, 0.4) is 0 Å². The van der Waals surface area contributed by atoms with Crippen molar-refractivity contribution in [2.45, 2.75) is 45.6 Å². The van der Waals surface area contributed by atoms with E-state index in [1.54, 1.807) is 12.1 Å². The van der Waals surface area contributed by atoms with Gasteiger partial charge in [0.25, 0.3) is 0 Å². The number of aromatic nitrogens is 2. The first-order chi connectivity index (χ1) is 20.2. The summed E-state index contributed by atoms with van der Waals surface area (Å²) in [6.07, 6.45) is -4.13. The van der Waals surface area contributed by atoms with Crippen LogP contribution in [0, 0.1) is 0 Å². The summed E-state index contributed by atoms with van der Waals surface area (Å²) >= 11 is 0. The summed E-state index contributed by atoms with van der Waals surface area (Å²) in [6, 6.07) is 14.0. The minimum absolute atomic E-state index is 0.0615. The summed E-state index contributed by atoms with van der Waals surface area (Å²) in [6.45, 7) is 12.4. The zero-order valence-electron chi connectivity index (χ0n) is 23.7. The fraction of sp³-hybridized carbons (Fsp3) is 0.355. The number of hydrogen-bond acceptors (Lipinski definition) is 8. The van der Waals surface area contributed by atoms with Crippen molar-refractivity contribution >= 4 is 22.3 Å². The van der Waals surface area contributed by atoms with Gasteiger partial charge in [0.15, 0.2) is 0 Å². The van der Waals surface area contributed by atoms with E-state index >= 15 is 0 Å². The molecule has 11 heteroatoms. The fourth-order valence-electron chi connectivity index (χ4n) is 4.81. The van der Waals surface area contributed by atoms with Crippen molar-refractivity contribution < 1.29 is 22.3 Å². The third-order valence-corrected chi connectivity index (χ3v) is 7.34. The van der Waals surface area contributed by atoms with Gasteiger partial charge in [-0.25, -0.2) is 9.97 Å². The molecule has 0 spiro atoms. The molecule has 0 radical (unpaired) electrons. The molecule has 1 fully saturated rings. The summed E-state index contributed by atoms with van der Waals surface area (Å²) in [7, 11) is 0. The highest BCUT2D eigenvalue weighted by Gasteiger charge is 2.33. The third kappa shape index (κ3) is 6.37. The van der Waals surface area contributed by atoms with Crippen LogP contribution in [0.15, 0.2) is 59.5 Å². The van der Waals surface area contributed by atoms with Crippen LogP contribution in [0.2, 0.25) is 0 Å². The smallest absolute Gasteiger partial charge is 0.433 e. The second-order valence-corrected chi connectivity index (χ2v) is 10.3. The molecular weight excluding hydrogens is 545 g/mol. The van der Waals surface area contributed by atoms with E-state index in [4.69, 9.17) is 14.9 Å². The van der Waals surface area contributed by atoms with Crippen molar-refractivity contribution in [1.82, 2.24) is 20.6 Å². The number of benzene rings is 2. The minimum Gasteiger partial charge on any atom is -0.488 e. The summed E-state index contributed by atoms with van der Waals surface area (Å²) in [5, 5.41) is 7.08. The monoisotopic (exact) mass is 580 g/mol. The number of alkyl halides is 3. The Morgan fingerprint density at radius 1 is 1.12 bits per heavy atom. The molecule has 1 saturated heterocycles. The standard InChI is InChI=1S/C31H35F3N6O2/c1-4-19(2)41-25-11-9-24(23-10-12-27(31(32,33)34)38-29(23)25)30-39-28(26(17-35)42-30)20(3)37-18-21-5-7-22(8-6-21)40-15-13-36-14-16-40/h5-12,19,36-37H,3-4,13-18,35H2,1-2H3. The molecule has 0 bridgehead atoms. The average molecular weight is 581 g/mol. The number of piperazine rings is 1. The van der Waals surface area contributed by atoms with Crippen LogP contribution in [0.25, 0.3) is 28.1 Å². The van der Waals surface area contributed by atoms with Gasteiger partial charge in [-0.3, -0.25) is 0 Å². The Hall–Kier alpha value is -4.09. The predicted molar refractivity (Wildman–Crippen MR) is 158 cm³/mol. The number of ether oxygens (including phenoxy) is 1. The molecule has 1 unspecified atom stereocenters. The second kappa shape index (κ2) is 12.4. The molecule has 5 rings (SSSR count). The Balaban J connectivity index is 1.40. The van der Waals surface area contributed by atoms with Crippen molar-refractivity contribution in [3.05, 3.63) is 77.8 Å². The third-order valence-electron chi connectivity index (χ3n) is 7.34. The zero-order chi connectivity index (χ0) is 29.9. The molecule has 1 aliphatic rings. The first kappa shape index (κ1) is 29.4. The number of hydrogen-bond donors (Lipinski definition) is 3. The number of nitrogens with zero attached hydrogens (tertiary/aromatic N) is 3. The van der Waals surface area contributed by atoms with Crippen molar-refractivity contribution in [3.8, 4) is 17.2 Å². The highest BCUT2D eigenvalue weighted by Crippen LogP contribution is 2.38. The lowest BCUT2D eigenvalue weighted by atomic mass is 10.1. The number of pyridine rings is 1. The molecule has 8 nitrogen and oxygen atoms in total. The first-order valence-electron chi connectivity index (χ1n) is 14.0. The Morgan fingerprint density at radius 2 is 1.86 bits per heavy atom. The molecule has 2 aromatic heterocycles. The highest BCUT2D eigenvalue weighted by atomic mass is 19.4. The number of rotatable bonds is 10. The van der Waals surface area contributed by atoms with E-state index in [1.807, 2.05) is 13.8 Å². The summed E-state index contributed by atoms with van der Waals surface area (Å²) < 4.78 is 52.5. The van der Waals surface area contributed by atoms with E-state index in [-0.39, 0.29) is 29.8 Å². The van der Waals surface area contributed by atoms with E-state index in [0.717, 1.165) is 37.8 Å². The molecule has 1 aliphatic heterocycles. The van der Waals surface area contributed by atoms with Crippen molar-refractivity contribution in [2.24, 2.45) is 5.73 Å². The second-order valence-electron chi connectivity index (χ2n) is 10.3. The first-order valence-corrected chi connectivity index (χ1v) is 14.0. The molecule has 1 atom stereocenters. The normalized spacial score (nSPS) is 14.7. The van der Waals surface area contributed by atoms with Crippen LogP contribution >= 0.6 is 0 Å². The Morgan fingerprint density at radius 3 is 2.52 bits per heavy atom. The number of nitrogens with two attached hydrogens (primary N) is 1. The van der Waals surface area contributed by atoms with E-state index < -0.39 is 11.9 Å². The average Bonchev–Trinajstić information content (AvgIpc) is 3.44. The predicted octanol–water partition coefficient (Wildman–Crippen LogP) is 5.71. The van der Waals surface area contributed by atoms with Crippen molar-refractivity contribution in [3.63, 3.8) is 0 Å². The fourth-order valence-corrected chi connectivity index (χ4v) is 4.81. The zero-order valence-corrected chi connectivity index (χ0v) is 23.7. The van der Waals surface area contributed by atoms with Crippen LogP contribution < -0.4 is 26.0 Å². The van der Waals surface area contributed by atoms with E-state index in [1.165, 1.54) is 11.8 Å². The van der Waals surface area contributed by atoms with Gasteiger partial charge in [0.2, 0.25) is 5.89 Å². The van der Waals surface area contributed by atoms with Gasteiger partial charge in [0, 0.05) is 49.4 Å². The van der Waals surface area contributed by atoms with Crippen LogP contribution in [0.1, 0.15) is 43.0 Å². The molecule has 2 aromatic carbocycles.